The van der Waals surface area contributed by atoms with Crippen LogP contribution in [0.3, 0.4) is 0 Å². The van der Waals surface area contributed by atoms with Crippen LogP contribution in [0.15, 0.2) is 22.7 Å². The fourth-order valence-electron chi connectivity index (χ4n) is 1.95. The molecule has 0 aromatic heterocycles. The molecule has 0 unspecified atom stereocenters. The van der Waals surface area contributed by atoms with Crippen LogP contribution in [0.2, 0.25) is 0 Å². The molecule has 1 N–H and O–H groups in total. The quantitative estimate of drug-likeness (QED) is 0.931. The van der Waals surface area contributed by atoms with Crippen molar-refractivity contribution in [2.75, 3.05) is 23.9 Å². The van der Waals surface area contributed by atoms with Crippen molar-refractivity contribution in [3.63, 3.8) is 0 Å². The number of methoxy groups -OCH3 is 1. The van der Waals surface area contributed by atoms with Crippen molar-refractivity contribution in [2.24, 2.45) is 0 Å². The molecule has 1 saturated heterocycles. The van der Waals surface area contributed by atoms with E-state index < -0.39 is 10.8 Å². The summed E-state index contributed by atoms with van der Waals surface area (Å²) in [7, 11) is 1.06. The molecule has 0 aliphatic carbocycles. The first-order valence-corrected chi connectivity index (χ1v) is 7.92. The number of halogens is 1. The molecule has 1 heterocycles. The second-order valence-corrected chi connectivity index (χ2v) is 6.72. The molecule has 0 atom stereocenters. The molecule has 0 saturated carbocycles. The minimum absolute atomic E-state index is 0.399. The lowest BCUT2D eigenvalue weighted by molar-refractivity contribution is 0.415. The fraction of sp³-hybridized carbons (Fsp3) is 0.500. The van der Waals surface area contributed by atoms with Gasteiger partial charge in [-0.2, -0.15) is 0 Å². The lowest BCUT2D eigenvalue weighted by Gasteiger charge is -2.24. The molecule has 1 aliphatic rings. The summed E-state index contributed by atoms with van der Waals surface area (Å²) < 4.78 is 17.6. The average molecular weight is 318 g/mol. The molecule has 3 nitrogen and oxygen atoms in total. The molecule has 5 heteroatoms. The van der Waals surface area contributed by atoms with E-state index in [1.54, 1.807) is 7.11 Å². The van der Waals surface area contributed by atoms with E-state index in [0.29, 0.717) is 6.04 Å². The first kappa shape index (κ1) is 12.9. The number of hydrogen-bond donors (Lipinski definition) is 1. The predicted octanol–water partition coefficient (Wildman–Crippen LogP) is 2.78. The van der Waals surface area contributed by atoms with Crippen molar-refractivity contribution in [3.8, 4) is 5.75 Å². The van der Waals surface area contributed by atoms with E-state index in [2.05, 4.69) is 21.2 Å². The molecule has 0 amide bonds. The Morgan fingerprint density at radius 2 is 2.12 bits per heavy atom. The van der Waals surface area contributed by atoms with Crippen LogP contribution in [-0.4, -0.2) is 28.9 Å². The monoisotopic (exact) mass is 317 g/mol. The molecule has 1 fully saturated rings. The van der Waals surface area contributed by atoms with Crippen LogP contribution in [0.1, 0.15) is 12.8 Å². The summed E-state index contributed by atoms with van der Waals surface area (Å²) in [4.78, 5) is 0. The SMILES string of the molecule is COc1ccc(Br)cc1NC1CCS(=O)CC1. The molecular formula is C12H16BrNO2S. The van der Waals surface area contributed by atoms with E-state index in [0.717, 1.165) is 40.3 Å². The Bertz CT molecular complexity index is 415. The topological polar surface area (TPSA) is 38.3 Å². The van der Waals surface area contributed by atoms with E-state index in [1.807, 2.05) is 18.2 Å². The maximum atomic E-state index is 11.3. The lowest BCUT2D eigenvalue weighted by Crippen LogP contribution is -2.29. The lowest BCUT2D eigenvalue weighted by atomic mass is 10.1. The molecule has 0 spiro atoms. The molecule has 1 aliphatic heterocycles. The maximum absolute atomic E-state index is 11.3. The van der Waals surface area contributed by atoms with Gasteiger partial charge in [0.05, 0.1) is 12.8 Å². The Kier molecular flexibility index (Phi) is 4.45. The largest absolute Gasteiger partial charge is 0.495 e. The Labute approximate surface area is 113 Å². The van der Waals surface area contributed by atoms with Gasteiger partial charge in [0.1, 0.15) is 5.75 Å². The van der Waals surface area contributed by atoms with Gasteiger partial charge in [-0.3, -0.25) is 4.21 Å². The Morgan fingerprint density at radius 3 is 2.76 bits per heavy atom. The molecule has 17 heavy (non-hydrogen) atoms. The van der Waals surface area contributed by atoms with Crippen LogP contribution in [-0.2, 0) is 10.8 Å². The van der Waals surface area contributed by atoms with Crippen LogP contribution in [0.25, 0.3) is 0 Å². The standard InChI is InChI=1S/C12H16BrNO2S/c1-16-12-3-2-9(13)8-11(12)14-10-4-6-17(15)7-5-10/h2-3,8,10,14H,4-7H2,1H3. The van der Waals surface area contributed by atoms with E-state index in [1.165, 1.54) is 0 Å². The highest BCUT2D eigenvalue weighted by atomic mass is 79.9. The number of benzene rings is 1. The van der Waals surface area contributed by atoms with Gasteiger partial charge in [0, 0.05) is 32.8 Å². The molecule has 0 radical (unpaired) electrons. The van der Waals surface area contributed by atoms with Crippen molar-refractivity contribution in [1.29, 1.82) is 0 Å². The predicted molar refractivity (Wildman–Crippen MR) is 75.2 cm³/mol. The van der Waals surface area contributed by atoms with Gasteiger partial charge in [0.2, 0.25) is 0 Å². The smallest absolute Gasteiger partial charge is 0.142 e. The number of ether oxygens (including phenoxy) is 1. The Hall–Kier alpha value is -0.550. The van der Waals surface area contributed by atoms with Gasteiger partial charge in [-0.05, 0) is 31.0 Å². The van der Waals surface area contributed by atoms with Crippen molar-refractivity contribution in [2.45, 2.75) is 18.9 Å². The molecule has 1 aromatic rings. The van der Waals surface area contributed by atoms with Crippen molar-refractivity contribution < 1.29 is 8.95 Å². The van der Waals surface area contributed by atoms with Gasteiger partial charge in [-0.1, -0.05) is 15.9 Å². The molecular weight excluding hydrogens is 302 g/mol. The summed E-state index contributed by atoms with van der Waals surface area (Å²) in [6, 6.07) is 6.31. The Balaban J connectivity index is 2.07. The third kappa shape index (κ3) is 3.45. The van der Waals surface area contributed by atoms with Gasteiger partial charge in [0.15, 0.2) is 0 Å². The molecule has 2 rings (SSSR count). The number of nitrogens with one attached hydrogen (secondary N) is 1. The number of anilines is 1. The summed E-state index contributed by atoms with van der Waals surface area (Å²) in [6.07, 6.45) is 1.92. The van der Waals surface area contributed by atoms with Crippen molar-refractivity contribution >= 4 is 32.4 Å². The highest BCUT2D eigenvalue weighted by Crippen LogP contribution is 2.29. The van der Waals surface area contributed by atoms with Gasteiger partial charge < -0.3 is 10.1 Å². The summed E-state index contributed by atoms with van der Waals surface area (Å²) in [6.45, 7) is 0. The third-order valence-corrected chi connectivity index (χ3v) is 4.78. The van der Waals surface area contributed by atoms with Crippen LogP contribution in [0.5, 0.6) is 5.75 Å². The fourth-order valence-corrected chi connectivity index (χ4v) is 3.61. The summed E-state index contributed by atoms with van der Waals surface area (Å²) in [5, 5.41) is 3.47. The zero-order valence-corrected chi connectivity index (χ0v) is 12.1. The van der Waals surface area contributed by atoms with E-state index in [4.69, 9.17) is 4.74 Å². The van der Waals surface area contributed by atoms with E-state index in [9.17, 15) is 4.21 Å². The number of rotatable bonds is 3. The van der Waals surface area contributed by atoms with Crippen LogP contribution >= 0.6 is 15.9 Å². The average Bonchev–Trinajstić information content (AvgIpc) is 2.32. The van der Waals surface area contributed by atoms with E-state index in [-0.39, 0.29) is 0 Å². The van der Waals surface area contributed by atoms with Crippen molar-refractivity contribution in [3.05, 3.63) is 22.7 Å². The highest BCUT2D eigenvalue weighted by Gasteiger charge is 2.18. The molecule has 1 aromatic carbocycles. The highest BCUT2D eigenvalue weighted by molar-refractivity contribution is 9.10. The molecule has 0 bridgehead atoms. The van der Waals surface area contributed by atoms with Crippen molar-refractivity contribution in [1.82, 2.24) is 0 Å². The Morgan fingerprint density at radius 1 is 1.41 bits per heavy atom. The second kappa shape index (κ2) is 5.87. The zero-order valence-electron chi connectivity index (χ0n) is 9.74. The van der Waals surface area contributed by atoms with Gasteiger partial charge in [0.25, 0.3) is 0 Å². The number of hydrogen-bond acceptors (Lipinski definition) is 3. The van der Waals surface area contributed by atoms with Gasteiger partial charge in [-0.25, -0.2) is 0 Å². The maximum Gasteiger partial charge on any atom is 0.142 e. The van der Waals surface area contributed by atoms with Crippen LogP contribution < -0.4 is 10.1 Å². The summed E-state index contributed by atoms with van der Waals surface area (Å²) >= 11 is 3.46. The van der Waals surface area contributed by atoms with Crippen LogP contribution in [0, 0.1) is 0 Å². The van der Waals surface area contributed by atoms with Crippen LogP contribution in [0.4, 0.5) is 5.69 Å². The summed E-state index contributed by atoms with van der Waals surface area (Å²) in [5.41, 5.74) is 1.000. The van der Waals surface area contributed by atoms with E-state index >= 15 is 0 Å². The minimum atomic E-state index is -0.611. The molecule has 94 valence electrons. The van der Waals surface area contributed by atoms with Gasteiger partial charge in [-0.15, -0.1) is 0 Å². The zero-order chi connectivity index (χ0) is 12.3. The normalized spacial score (nSPS) is 24.4. The summed E-state index contributed by atoms with van der Waals surface area (Å²) in [5.74, 6) is 2.45. The first-order chi connectivity index (χ1) is 8.19. The third-order valence-electron chi connectivity index (χ3n) is 2.91. The minimum Gasteiger partial charge on any atom is -0.495 e. The second-order valence-electron chi connectivity index (χ2n) is 4.11. The first-order valence-electron chi connectivity index (χ1n) is 5.64. The van der Waals surface area contributed by atoms with Gasteiger partial charge >= 0.3 is 0 Å².